The topological polar surface area (TPSA) is 55.1 Å². The van der Waals surface area contributed by atoms with E-state index in [2.05, 4.69) is 5.32 Å². The third-order valence-corrected chi connectivity index (χ3v) is 2.85. The van der Waals surface area contributed by atoms with Gasteiger partial charge in [-0.15, -0.1) is 0 Å². The molecule has 1 aromatic rings. The summed E-state index contributed by atoms with van der Waals surface area (Å²) in [6, 6.07) is 4.67. The van der Waals surface area contributed by atoms with Crippen LogP contribution in [0.25, 0.3) is 0 Å². The monoisotopic (exact) mass is 252 g/mol. The Bertz CT molecular complexity index is 418. The van der Waals surface area contributed by atoms with Crippen LogP contribution in [-0.2, 0) is 4.79 Å². The van der Waals surface area contributed by atoms with Crippen LogP contribution in [0.4, 0.5) is 10.1 Å². The van der Waals surface area contributed by atoms with Crippen LogP contribution >= 0.6 is 0 Å². The van der Waals surface area contributed by atoms with E-state index < -0.39 is 0 Å². The molecule has 0 aromatic heterocycles. The van der Waals surface area contributed by atoms with Crippen molar-refractivity contribution in [1.82, 2.24) is 0 Å². The summed E-state index contributed by atoms with van der Waals surface area (Å²) in [5.74, 6) is -0.288. The third kappa shape index (κ3) is 4.11. The van der Waals surface area contributed by atoms with Crippen LogP contribution in [0.2, 0.25) is 0 Å². The number of hydrogen-bond acceptors (Lipinski definition) is 2. The Morgan fingerprint density at radius 2 is 2.11 bits per heavy atom. The highest BCUT2D eigenvalue weighted by Crippen LogP contribution is 2.17. The maximum absolute atomic E-state index is 13.3. The number of halogens is 1. The van der Waals surface area contributed by atoms with E-state index in [0.29, 0.717) is 23.7 Å². The molecule has 0 spiro atoms. The van der Waals surface area contributed by atoms with Crippen molar-refractivity contribution in [2.24, 2.45) is 17.6 Å². The predicted octanol–water partition coefficient (Wildman–Crippen LogP) is 2.69. The summed E-state index contributed by atoms with van der Waals surface area (Å²) < 4.78 is 13.3. The van der Waals surface area contributed by atoms with E-state index in [-0.39, 0.29) is 17.6 Å². The Labute approximate surface area is 108 Å². The van der Waals surface area contributed by atoms with Gasteiger partial charge < -0.3 is 11.1 Å². The number of nitrogens with one attached hydrogen (secondary N) is 1. The number of hydrogen-bond donors (Lipinski definition) is 2. The number of aryl methyl sites for hydroxylation is 1. The van der Waals surface area contributed by atoms with Crippen molar-refractivity contribution in [2.75, 3.05) is 11.9 Å². The number of amides is 1. The van der Waals surface area contributed by atoms with Gasteiger partial charge in [-0.2, -0.15) is 0 Å². The second kappa shape index (κ2) is 6.50. The molecule has 1 rings (SSSR count). The average Bonchev–Trinajstić information content (AvgIpc) is 2.30. The lowest BCUT2D eigenvalue weighted by Gasteiger charge is -2.17. The second-order valence-electron chi connectivity index (χ2n) is 5.02. The molecule has 100 valence electrons. The molecule has 3 N–H and O–H groups in total. The van der Waals surface area contributed by atoms with Crippen LogP contribution in [-0.4, -0.2) is 12.5 Å². The van der Waals surface area contributed by atoms with Crippen LogP contribution in [0.5, 0.6) is 0 Å². The predicted molar refractivity (Wildman–Crippen MR) is 71.8 cm³/mol. The van der Waals surface area contributed by atoms with Crippen molar-refractivity contribution in [3.05, 3.63) is 29.6 Å². The summed E-state index contributed by atoms with van der Waals surface area (Å²) in [5.41, 5.74) is 6.63. The van der Waals surface area contributed by atoms with Crippen LogP contribution in [0, 0.1) is 24.6 Å². The number of carbonyl (C=O) groups is 1. The summed E-state index contributed by atoms with van der Waals surface area (Å²) in [6.07, 6.45) is 0.733. The van der Waals surface area contributed by atoms with Crippen molar-refractivity contribution >= 4 is 11.6 Å². The maximum Gasteiger partial charge on any atom is 0.228 e. The fraction of sp³-hybridized carbons (Fsp3) is 0.500. The smallest absolute Gasteiger partial charge is 0.228 e. The van der Waals surface area contributed by atoms with Crippen molar-refractivity contribution in [2.45, 2.75) is 27.2 Å². The van der Waals surface area contributed by atoms with Crippen molar-refractivity contribution in [3.63, 3.8) is 0 Å². The van der Waals surface area contributed by atoms with Crippen LogP contribution in [0.3, 0.4) is 0 Å². The minimum atomic E-state index is -0.319. The molecular weight excluding hydrogens is 231 g/mol. The molecule has 0 saturated carbocycles. The molecule has 1 unspecified atom stereocenters. The molecule has 0 radical (unpaired) electrons. The lowest BCUT2D eigenvalue weighted by molar-refractivity contribution is -0.120. The fourth-order valence-corrected chi connectivity index (χ4v) is 1.79. The molecule has 18 heavy (non-hydrogen) atoms. The molecule has 0 aliphatic carbocycles. The molecule has 1 atom stereocenters. The quantitative estimate of drug-likeness (QED) is 0.846. The Morgan fingerprint density at radius 1 is 1.44 bits per heavy atom. The van der Waals surface area contributed by atoms with Gasteiger partial charge in [0.25, 0.3) is 0 Å². The van der Waals surface area contributed by atoms with Gasteiger partial charge in [0, 0.05) is 12.2 Å². The SMILES string of the molecule is Cc1ccc(NC(=O)C(CN)CC(C)C)cc1F. The van der Waals surface area contributed by atoms with Gasteiger partial charge in [0.1, 0.15) is 5.82 Å². The number of carbonyl (C=O) groups excluding carboxylic acids is 1. The van der Waals surface area contributed by atoms with E-state index in [0.717, 1.165) is 6.42 Å². The number of anilines is 1. The standard InChI is InChI=1S/C14H21FN2O/c1-9(2)6-11(8-16)14(18)17-12-5-4-10(3)13(15)7-12/h4-5,7,9,11H,6,8,16H2,1-3H3,(H,17,18). The molecule has 0 saturated heterocycles. The zero-order valence-electron chi connectivity index (χ0n) is 11.2. The lowest BCUT2D eigenvalue weighted by Crippen LogP contribution is -2.30. The first-order valence-electron chi connectivity index (χ1n) is 6.21. The molecule has 0 aliphatic rings. The van der Waals surface area contributed by atoms with Crippen molar-refractivity contribution < 1.29 is 9.18 Å². The van der Waals surface area contributed by atoms with E-state index in [9.17, 15) is 9.18 Å². The molecule has 0 aliphatic heterocycles. The van der Waals surface area contributed by atoms with Crippen molar-refractivity contribution in [3.8, 4) is 0 Å². The minimum absolute atomic E-state index is 0.144. The van der Waals surface area contributed by atoms with Gasteiger partial charge in [-0.25, -0.2) is 4.39 Å². The van der Waals surface area contributed by atoms with Gasteiger partial charge in [-0.3, -0.25) is 4.79 Å². The second-order valence-corrected chi connectivity index (χ2v) is 5.02. The minimum Gasteiger partial charge on any atom is -0.330 e. The normalized spacial score (nSPS) is 12.6. The fourth-order valence-electron chi connectivity index (χ4n) is 1.79. The molecule has 0 heterocycles. The van der Waals surface area contributed by atoms with Crippen molar-refractivity contribution in [1.29, 1.82) is 0 Å². The molecular formula is C14H21FN2O. The van der Waals surface area contributed by atoms with Gasteiger partial charge in [0.15, 0.2) is 0 Å². The zero-order valence-corrected chi connectivity index (χ0v) is 11.2. The average molecular weight is 252 g/mol. The Balaban J connectivity index is 2.70. The van der Waals surface area contributed by atoms with E-state index in [1.165, 1.54) is 6.07 Å². The summed E-state index contributed by atoms with van der Waals surface area (Å²) in [4.78, 5) is 12.0. The van der Waals surface area contributed by atoms with E-state index in [4.69, 9.17) is 5.73 Å². The van der Waals surface area contributed by atoms with Gasteiger partial charge in [-0.05, 0) is 37.0 Å². The highest BCUT2D eigenvalue weighted by Gasteiger charge is 2.18. The largest absolute Gasteiger partial charge is 0.330 e. The summed E-state index contributed by atoms with van der Waals surface area (Å²) >= 11 is 0. The number of benzene rings is 1. The molecule has 3 nitrogen and oxygen atoms in total. The maximum atomic E-state index is 13.3. The molecule has 4 heteroatoms. The number of rotatable bonds is 5. The Kier molecular flexibility index (Phi) is 5.28. The first-order valence-corrected chi connectivity index (χ1v) is 6.21. The van der Waals surface area contributed by atoms with Crippen LogP contribution < -0.4 is 11.1 Å². The van der Waals surface area contributed by atoms with E-state index >= 15 is 0 Å². The summed E-state index contributed by atoms with van der Waals surface area (Å²) in [6.45, 7) is 6.07. The molecule has 1 amide bonds. The van der Waals surface area contributed by atoms with Gasteiger partial charge >= 0.3 is 0 Å². The van der Waals surface area contributed by atoms with Gasteiger partial charge in [-0.1, -0.05) is 19.9 Å². The lowest BCUT2D eigenvalue weighted by atomic mass is 9.96. The van der Waals surface area contributed by atoms with E-state index in [1.54, 1.807) is 19.1 Å². The zero-order chi connectivity index (χ0) is 13.7. The Morgan fingerprint density at radius 3 is 2.61 bits per heavy atom. The van der Waals surface area contributed by atoms with Gasteiger partial charge in [0.05, 0.1) is 5.92 Å². The highest BCUT2D eigenvalue weighted by atomic mass is 19.1. The molecule has 1 aromatic carbocycles. The van der Waals surface area contributed by atoms with Gasteiger partial charge in [0.2, 0.25) is 5.91 Å². The van der Waals surface area contributed by atoms with E-state index in [1.807, 2.05) is 13.8 Å². The number of nitrogens with two attached hydrogens (primary N) is 1. The third-order valence-electron chi connectivity index (χ3n) is 2.85. The molecule has 0 fully saturated rings. The summed E-state index contributed by atoms with van der Waals surface area (Å²) in [7, 11) is 0. The first kappa shape index (κ1) is 14.6. The Hall–Kier alpha value is -1.42. The first-order chi connectivity index (χ1) is 8.43. The molecule has 0 bridgehead atoms. The summed E-state index contributed by atoms with van der Waals surface area (Å²) in [5, 5.41) is 2.71. The van der Waals surface area contributed by atoms with Crippen LogP contribution in [0.15, 0.2) is 18.2 Å². The van der Waals surface area contributed by atoms with Crippen LogP contribution in [0.1, 0.15) is 25.8 Å². The highest BCUT2D eigenvalue weighted by molar-refractivity contribution is 5.92.